The van der Waals surface area contributed by atoms with Gasteiger partial charge in [-0.15, -0.1) is 0 Å². The van der Waals surface area contributed by atoms with Gasteiger partial charge in [0.2, 0.25) is 6.10 Å². The molecule has 4 aromatic rings. The molecular weight excluding hydrogens is 1060 g/mol. The van der Waals surface area contributed by atoms with Crippen molar-refractivity contribution in [2.75, 3.05) is 40.3 Å². The van der Waals surface area contributed by atoms with Crippen molar-refractivity contribution in [2.45, 2.75) is 144 Å². The summed E-state index contributed by atoms with van der Waals surface area (Å²) in [6.07, 6.45) is 0.986. The van der Waals surface area contributed by atoms with Gasteiger partial charge in [-0.2, -0.15) is 0 Å². The highest BCUT2D eigenvalue weighted by Crippen LogP contribution is 2.67. The van der Waals surface area contributed by atoms with Crippen LogP contribution in [0.4, 0.5) is 4.79 Å². The fraction of sp³-hybridized carbons (Fsp3) is 0.468. The Balaban J connectivity index is 0.000000184. The van der Waals surface area contributed by atoms with Gasteiger partial charge in [0.05, 0.1) is 34.9 Å². The van der Waals surface area contributed by atoms with Crippen LogP contribution in [-0.2, 0) is 61.8 Å². The number of nitrogens with one attached hydrogen (secondary N) is 2. The number of hydrogen-bond donors (Lipinski definition) is 7. The number of carbonyl (C=O) groups is 5. The smallest absolute Gasteiger partial charge is 0.504 e. The molecule has 436 valence electrons. The lowest BCUT2D eigenvalue weighted by Crippen LogP contribution is -2.74. The van der Waals surface area contributed by atoms with Gasteiger partial charge < -0.3 is 74.4 Å². The molecule has 4 bridgehead atoms. The molecule has 4 aromatic carbocycles. The zero-order chi connectivity index (χ0) is 57.4. The van der Waals surface area contributed by atoms with E-state index in [1.54, 1.807) is 106 Å². The van der Waals surface area contributed by atoms with Crippen molar-refractivity contribution in [3.05, 3.63) is 142 Å². The van der Waals surface area contributed by atoms with Crippen LogP contribution in [0.3, 0.4) is 0 Å². The minimum absolute atomic E-state index is 0. The largest absolute Gasteiger partial charge is 0.509 e. The van der Waals surface area contributed by atoms with Gasteiger partial charge in [0.15, 0.2) is 41.3 Å². The Morgan fingerprint density at radius 1 is 0.659 bits per heavy atom. The summed E-state index contributed by atoms with van der Waals surface area (Å²) in [5.41, 5.74) is -0.215. The number of carbonyl (C=O) groups excluding carboxylic acids is 5. The highest BCUT2D eigenvalue weighted by Gasteiger charge is 2.73. The van der Waals surface area contributed by atoms with Crippen LogP contribution in [-0.4, -0.2) is 147 Å². The number of aliphatic hydroxyl groups is 3. The van der Waals surface area contributed by atoms with Crippen LogP contribution >= 0.6 is 0 Å². The lowest BCUT2D eigenvalue weighted by molar-refractivity contribution is -0.169. The molecule has 12 rings (SSSR count). The third-order valence-corrected chi connectivity index (χ3v) is 17.7. The maximum atomic E-state index is 13.1. The van der Waals surface area contributed by atoms with Crippen molar-refractivity contribution in [3.8, 4) is 23.0 Å². The van der Waals surface area contributed by atoms with Gasteiger partial charge in [0.1, 0.15) is 17.1 Å². The number of amides is 2. The number of hydrogen-bond acceptors (Lipinski definition) is 18. The summed E-state index contributed by atoms with van der Waals surface area (Å²) in [4.78, 5) is 67.9. The number of benzene rings is 4. The predicted molar refractivity (Wildman–Crippen MR) is 295 cm³/mol. The SMILES string of the molecule is C.CN1CC[C@]23c4c5ccc(O)c4O[C@H]2C(OC(=O)CCNC(=O)[C@@H](O)c2ccccc2)=CC[C@@]3(O)[C@H]1C5.CN1CC[C@]23c4c5ccc(O)c4O[C@H]2C(OC(=O)CCNC(=O)[C@@H](OC(=O)OC(C)(C)C)c2ccccc2)=CC[C@@]3(O)[C@H]1C5. The quantitative estimate of drug-likeness (QED) is 0.0643. The Morgan fingerprint density at radius 3 is 1.55 bits per heavy atom. The van der Waals surface area contributed by atoms with Crippen molar-refractivity contribution in [1.82, 2.24) is 20.4 Å². The van der Waals surface area contributed by atoms with E-state index >= 15 is 0 Å². The van der Waals surface area contributed by atoms with Gasteiger partial charge >= 0.3 is 18.1 Å². The molecule has 10 atom stereocenters. The van der Waals surface area contributed by atoms with Gasteiger partial charge in [-0.25, -0.2) is 4.79 Å². The molecule has 2 amide bonds. The van der Waals surface area contributed by atoms with Gasteiger partial charge in [-0.3, -0.25) is 19.2 Å². The number of nitrogens with zero attached hydrogens (tertiary/aromatic N) is 2. The van der Waals surface area contributed by atoms with Crippen molar-refractivity contribution >= 4 is 29.9 Å². The van der Waals surface area contributed by atoms with Gasteiger partial charge in [0, 0.05) is 54.7 Å². The van der Waals surface area contributed by atoms with Crippen molar-refractivity contribution in [2.24, 2.45) is 0 Å². The van der Waals surface area contributed by atoms with E-state index in [1.165, 1.54) is 0 Å². The van der Waals surface area contributed by atoms with Crippen molar-refractivity contribution in [3.63, 3.8) is 0 Å². The maximum Gasteiger partial charge on any atom is 0.509 e. The summed E-state index contributed by atoms with van der Waals surface area (Å²) in [6, 6.07) is 23.8. The molecule has 82 heavy (non-hydrogen) atoms. The molecule has 8 aliphatic rings. The molecule has 2 fully saturated rings. The molecular formula is C62H72N4O16. The van der Waals surface area contributed by atoms with E-state index in [1.807, 2.05) is 26.2 Å². The van der Waals surface area contributed by atoms with E-state index in [0.29, 0.717) is 67.0 Å². The van der Waals surface area contributed by atoms with Crippen LogP contribution in [0.15, 0.2) is 109 Å². The predicted octanol–water partition coefficient (Wildman–Crippen LogP) is 5.50. The summed E-state index contributed by atoms with van der Waals surface area (Å²) in [6.45, 7) is 6.43. The van der Waals surface area contributed by atoms with E-state index < -0.39 is 82.0 Å². The Hall–Kier alpha value is -7.49. The van der Waals surface area contributed by atoms with E-state index in [0.717, 1.165) is 28.8 Å². The van der Waals surface area contributed by atoms with E-state index in [2.05, 4.69) is 20.4 Å². The lowest BCUT2D eigenvalue weighted by Gasteiger charge is -2.61. The summed E-state index contributed by atoms with van der Waals surface area (Å²) < 4.78 is 34.7. The first-order valence-electron chi connectivity index (χ1n) is 27.5. The molecule has 2 spiro atoms. The number of rotatable bonds is 13. The molecule has 4 aliphatic carbocycles. The van der Waals surface area contributed by atoms with Gasteiger partial charge in [-0.05, 0) is 115 Å². The molecule has 0 radical (unpaired) electrons. The molecule has 7 N–H and O–H groups in total. The van der Waals surface area contributed by atoms with Crippen molar-refractivity contribution in [1.29, 1.82) is 0 Å². The second-order valence-electron chi connectivity index (χ2n) is 23.4. The van der Waals surface area contributed by atoms with Crippen molar-refractivity contribution < 1.29 is 77.9 Å². The van der Waals surface area contributed by atoms with Crippen LogP contribution in [0.2, 0.25) is 0 Å². The number of phenols is 2. The number of likely N-dealkylation sites (tertiary alicyclic amines) is 2. The average molecular weight is 1130 g/mol. The average Bonchev–Trinajstić information content (AvgIpc) is 2.51. The monoisotopic (exact) mass is 1130 g/mol. The number of esters is 2. The van der Waals surface area contributed by atoms with E-state index in [4.69, 9.17) is 28.4 Å². The van der Waals surface area contributed by atoms with Crippen LogP contribution in [0.25, 0.3) is 0 Å². The number of phenolic OH excluding ortho intramolecular Hbond substituents is 2. The molecule has 4 heterocycles. The molecule has 0 aromatic heterocycles. The van der Waals surface area contributed by atoms with Gasteiger partial charge in [-0.1, -0.05) is 80.2 Å². The first kappa shape index (κ1) is 57.7. The second kappa shape index (κ2) is 21.7. The standard InChI is InChI=1S/C33H38N2O9.C28H30N2O7.CH4/c1-31(2,3)44-30(39)43-26(19-8-6-5-7-9-19)29(38)34-16-13-24(37)41-22-12-14-33(40)23-18-20-10-11-21(36)27-25(20)32(33,28(22)42-27)15-17-35(23)4;1-30-14-12-27-22-17-7-8-18(31)24(22)37-25(27)19(9-11-28(27,35)20(30)15-17)36-21(32)10-13-29-26(34)23(33)16-5-3-2-4-6-16;/h5-12,23,26,28,36,40H,13-18H2,1-4H3,(H,34,38);2-9,20,23,25,31,33,35H,10-15H2,1H3,(H,29,34);1H4/t23-,26+,28+,32+,33-;20-,23+,25+,27+,28-;/m11./s1. The molecule has 20 nitrogen and oxygen atoms in total. The fourth-order valence-corrected chi connectivity index (χ4v) is 14.1. The number of piperidine rings is 2. The Bertz CT molecular complexity index is 3240. The highest BCUT2D eigenvalue weighted by molar-refractivity contribution is 5.85. The van der Waals surface area contributed by atoms with Gasteiger partial charge in [0.25, 0.3) is 11.8 Å². The Morgan fingerprint density at radius 2 is 1.10 bits per heavy atom. The van der Waals surface area contributed by atoms with E-state index in [9.17, 15) is 49.5 Å². The number of aromatic hydroxyl groups is 2. The zero-order valence-corrected chi connectivity index (χ0v) is 45.8. The molecule has 0 unspecified atom stereocenters. The number of ether oxygens (including phenoxy) is 6. The van der Waals surface area contributed by atoms with Crippen LogP contribution in [0.1, 0.15) is 112 Å². The maximum absolute atomic E-state index is 13.1. The van der Waals surface area contributed by atoms with Crippen LogP contribution in [0.5, 0.6) is 23.0 Å². The molecule has 20 heteroatoms. The summed E-state index contributed by atoms with van der Waals surface area (Å²) >= 11 is 0. The summed E-state index contributed by atoms with van der Waals surface area (Å²) in [5, 5.41) is 61.0. The lowest BCUT2D eigenvalue weighted by atomic mass is 9.50. The zero-order valence-electron chi connectivity index (χ0n) is 45.8. The third kappa shape index (κ3) is 9.51. The Kier molecular flexibility index (Phi) is 15.3. The Labute approximate surface area is 475 Å². The fourth-order valence-electron chi connectivity index (χ4n) is 14.1. The minimum Gasteiger partial charge on any atom is -0.504 e. The second-order valence-corrected chi connectivity index (χ2v) is 23.4. The van der Waals surface area contributed by atoms with Crippen LogP contribution < -0.4 is 20.1 Å². The first-order valence-corrected chi connectivity index (χ1v) is 27.5. The molecule has 4 aliphatic heterocycles. The molecule has 2 saturated heterocycles. The highest BCUT2D eigenvalue weighted by atomic mass is 16.7. The first-order chi connectivity index (χ1) is 38.6. The number of aliphatic hydroxyl groups excluding tert-OH is 1. The third-order valence-electron chi connectivity index (χ3n) is 17.7. The number of likely N-dealkylation sites (N-methyl/N-ethyl adjacent to an activating group) is 2. The topological polar surface area (TPSA) is 272 Å². The summed E-state index contributed by atoms with van der Waals surface area (Å²) in [5.74, 6) is -1.10. The van der Waals surface area contributed by atoms with Crippen LogP contribution in [0, 0.1) is 0 Å². The van der Waals surface area contributed by atoms with E-state index in [-0.39, 0.29) is 69.1 Å². The minimum atomic E-state index is -1.33. The normalized spacial score (nSPS) is 28.1. The molecule has 0 saturated carbocycles. The summed E-state index contributed by atoms with van der Waals surface area (Å²) in [7, 11) is 4.01.